The van der Waals surface area contributed by atoms with Crippen molar-refractivity contribution in [1.82, 2.24) is 29.2 Å². The zero-order chi connectivity index (χ0) is 20.8. The van der Waals surface area contributed by atoms with Crippen LogP contribution in [0.1, 0.15) is 5.69 Å². The Morgan fingerprint density at radius 2 is 2.00 bits per heavy atom. The molecule has 9 nitrogen and oxygen atoms in total. The molecule has 3 aromatic rings. The number of carbonyl (C=O) groups is 1. The van der Waals surface area contributed by atoms with E-state index in [2.05, 4.69) is 19.9 Å². The quantitative estimate of drug-likeness (QED) is 0.686. The summed E-state index contributed by atoms with van der Waals surface area (Å²) in [6, 6.07) is 1.22. The van der Waals surface area contributed by atoms with Gasteiger partial charge in [0.05, 0.1) is 12.4 Å². The molecule has 1 aliphatic heterocycles. The molecule has 0 radical (unpaired) electrons. The number of nitrogens with two attached hydrogens (primary N) is 1. The minimum absolute atomic E-state index is 0.212. The normalized spacial score (nSPS) is 18.3. The van der Waals surface area contributed by atoms with Crippen molar-refractivity contribution in [3.05, 3.63) is 36.5 Å². The van der Waals surface area contributed by atoms with Crippen molar-refractivity contribution < 1.29 is 18.0 Å². The molecule has 4 heterocycles. The zero-order valence-electron chi connectivity index (χ0n) is 15.3. The number of carbonyl (C=O) groups excluding carboxylic acids is 1. The van der Waals surface area contributed by atoms with Crippen molar-refractivity contribution in [2.24, 2.45) is 5.73 Å². The van der Waals surface area contributed by atoms with E-state index in [-0.39, 0.29) is 11.5 Å². The fourth-order valence-corrected chi connectivity index (χ4v) is 3.24. The van der Waals surface area contributed by atoms with Gasteiger partial charge >= 0.3 is 6.18 Å². The van der Waals surface area contributed by atoms with Gasteiger partial charge in [0.2, 0.25) is 5.91 Å². The first-order valence-corrected chi connectivity index (χ1v) is 8.72. The van der Waals surface area contributed by atoms with E-state index in [1.807, 2.05) is 16.8 Å². The molecule has 1 fully saturated rings. The average Bonchev–Trinajstić information content (AvgIpc) is 3.11. The van der Waals surface area contributed by atoms with Crippen molar-refractivity contribution in [3.63, 3.8) is 0 Å². The second-order valence-corrected chi connectivity index (χ2v) is 6.73. The van der Waals surface area contributed by atoms with E-state index in [0.717, 1.165) is 12.4 Å². The number of nitrogens with zero attached hydrogens (tertiary/aromatic N) is 7. The fourth-order valence-electron chi connectivity index (χ4n) is 3.24. The first-order chi connectivity index (χ1) is 13.7. The number of hydrogen-bond acceptors (Lipinski definition) is 7. The van der Waals surface area contributed by atoms with Crippen molar-refractivity contribution >= 4 is 17.4 Å². The maximum atomic E-state index is 13.0. The van der Waals surface area contributed by atoms with E-state index in [0.29, 0.717) is 31.1 Å². The number of piperazine rings is 1. The lowest BCUT2D eigenvalue weighted by Crippen LogP contribution is -2.57. The summed E-state index contributed by atoms with van der Waals surface area (Å²) >= 11 is 0. The maximum absolute atomic E-state index is 13.0. The number of alkyl halides is 3. The Morgan fingerprint density at radius 1 is 1.21 bits per heavy atom. The van der Waals surface area contributed by atoms with Gasteiger partial charge in [-0.05, 0) is 13.1 Å². The number of fused-ring (bicyclic) bond motifs is 1. The minimum Gasteiger partial charge on any atom is -0.368 e. The van der Waals surface area contributed by atoms with Gasteiger partial charge in [0, 0.05) is 32.0 Å². The molecular formula is C17H17F3N8O. The van der Waals surface area contributed by atoms with Crippen LogP contribution in [0.25, 0.3) is 17.2 Å². The van der Waals surface area contributed by atoms with Gasteiger partial charge in [-0.25, -0.2) is 19.9 Å². The third-order valence-electron chi connectivity index (χ3n) is 4.86. The first kappa shape index (κ1) is 19.1. The summed E-state index contributed by atoms with van der Waals surface area (Å²) in [7, 11) is 1.82. The predicted molar refractivity (Wildman–Crippen MR) is 96.8 cm³/mol. The van der Waals surface area contributed by atoms with Gasteiger partial charge in [0.1, 0.15) is 17.6 Å². The summed E-state index contributed by atoms with van der Waals surface area (Å²) in [5.74, 6) is 0.332. The van der Waals surface area contributed by atoms with Gasteiger partial charge < -0.3 is 10.6 Å². The molecule has 0 aliphatic carbocycles. The van der Waals surface area contributed by atoms with E-state index in [4.69, 9.17) is 5.73 Å². The number of rotatable bonds is 3. The average molecular weight is 406 g/mol. The molecule has 2 N–H and O–H groups in total. The Labute approximate surface area is 163 Å². The number of halogens is 3. The monoisotopic (exact) mass is 406 g/mol. The molecule has 1 atom stereocenters. The van der Waals surface area contributed by atoms with E-state index in [9.17, 15) is 18.0 Å². The molecule has 12 heteroatoms. The van der Waals surface area contributed by atoms with Gasteiger partial charge in [-0.2, -0.15) is 13.2 Å². The smallest absolute Gasteiger partial charge is 0.368 e. The molecule has 1 unspecified atom stereocenters. The number of likely N-dealkylation sites (N-methyl/N-ethyl adjacent to an activating group) is 1. The van der Waals surface area contributed by atoms with Gasteiger partial charge in [0.15, 0.2) is 17.2 Å². The number of imidazole rings is 1. The number of amides is 1. The lowest BCUT2D eigenvalue weighted by molar-refractivity contribution is -0.141. The van der Waals surface area contributed by atoms with Crippen LogP contribution >= 0.6 is 0 Å². The highest BCUT2D eigenvalue weighted by Gasteiger charge is 2.33. The summed E-state index contributed by atoms with van der Waals surface area (Å²) in [6.45, 7) is 1.59. The predicted octanol–water partition coefficient (Wildman–Crippen LogP) is 0.811. The summed E-state index contributed by atoms with van der Waals surface area (Å²) in [5.41, 5.74) is 4.98. The van der Waals surface area contributed by atoms with Crippen LogP contribution in [0.5, 0.6) is 0 Å². The third kappa shape index (κ3) is 3.58. The Bertz CT molecular complexity index is 1070. The summed E-state index contributed by atoms with van der Waals surface area (Å²) in [6.07, 6.45) is 0.246. The highest BCUT2D eigenvalue weighted by atomic mass is 19.4. The van der Waals surface area contributed by atoms with Gasteiger partial charge in [-0.1, -0.05) is 0 Å². The van der Waals surface area contributed by atoms with Crippen LogP contribution in [0.2, 0.25) is 0 Å². The summed E-state index contributed by atoms with van der Waals surface area (Å²) in [4.78, 5) is 31.6. The zero-order valence-corrected chi connectivity index (χ0v) is 15.3. The molecule has 0 saturated carbocycles. The lowest BCUT2D eigenvalue weighted by Gasteiger charge is -2.38. The molecule has 0 bridgehead atoms. The van der Waals surface area contributed by atoms with E-state index in [1.165, 1.54) is 16.8 Å². The van der Waals surface area contributed by atoms with Crippen LogP contribution in [0, 0.1) is 0 Å². The molecule has 4 rings (SSSR count). The highest BCUT2D eigenvalue weighted by molar-refractivity contribution is 5.81. The minimum atomic E-state index is -4.58. The van der Waals surface area contributed by atoms with Crippen molar-refractivity contribution in [1.29, 1.82) is 0 Å². The fraction of sp³-hybridized carbons (Fsp3) is 0.353. The third-order valence-corrected chi connectivity index (χ3v) is 4.86. The first-order valence-electron chi connectivity index (χ1n) is 8.72. The molecular weight excluding hydrogens is 389 g/mol. The van der Waals surface area contributed by atoms with Crippen LogP contribution in [-0.4, -0.2) is 67.9 Å². The Balaban J connectivity index is 1.70. The molecule has 0 spiro atoms. The molecule has 3 aromatic heterocycles. The summed E-state index contributed by atoms with van der Waals surface area (Å²) < 4.78 is 40.3. The topological polar surface area (TPSA) is 106 Å². The van der Waals surface area contributed by atoms with E-state index in [1.54, 1.807) is 6.07 Å². The maximum Gasteiger partial charge on any atom is 0.434 e. The van der Waals surface area contributed by atoms with Crippen LogP contribution in [0.15, 0.2) is 30.9 Å². The number of anilines is 1. The number of aromatic nitrogens is 5. The highest BCUT2D eigenvalue weighted by Crippen LogP contribution is 2.29. The number of hydrogen-bond donors (Lipinski definition) is 1. The SMILES string of the molecule is CN1CCN(c2ccnc(-c3cnc4cnc(C(F)(F)F)cn34)n2)CC1C(N)=O. The Kier molecular flexibility index (Phi) is 4.57. The van der Waals surface area contributed by atoms with Crippen LogP contribution in [0.4, 0.5) is 19.0 Å². The molecule has 29 heavy (non-hydrogen) atoms. The van der Waals surface area contributed by atoms with Crippen LogP contribution < -0.4 is 10.6 Å². The molecule has 1 amide bonds. The van der Waals surface area contributed by atoms with Crippen LogP contribution in [-0.2, 0) is 11.0 Å². The largest absolute Gasteiger partial charge is 0.434 e. The lowest BCUT2D eigenvalue weighted by atomic mass is 10.1. The van der Waals surface area contributed by atoms with Crippen LogP contribution in [0.3, 0.4) is 0 Å². The molecule has 152 valence electrons. The van der Waals surface area contributed by atoms with Crippen molar-refractivity contribution in [3.8, 4) is 11.5 Å². The second kappa shape index (κ2) is 6.95. The van der Waals surface area contributed by atoms with Gasteiger partial charge in [-0.15, -0.1) is 0 Å². The number of primary amides is 1. The molecule has 1 aliphatic rings. The van der Waals surface area contributed by atoms with Crippen molar-refractivity contribution in [2.45, 2.75) is 12.2 Å². The summed E-state index contributed by atoms with van der Waals surface area (Å²) in [5, 5.41) is 0. The Morgan fingerprint density at radius 3 is 2.72 bits per heavy atom. The standard InChI is InChI=1S/C17H17F3N8O/c1-26-4-5-27(8-11(26)15(21)29)13-2-3-22-16(25-13)10-6-24-14-7-23-12(9-28(10)14)17(18,19)20/h2-3,6-7,9,11H,4-5,8H2,1H3,(H2,21,29). The van der Waals surface area contributed by atoms with Gasteiger partial charge in [-0.3, -0.25) is 14.1 Å². The molecule has 1 saturated heterocycles. The van der Waals surface area contributed by atoms with E-state index < -0.39 is 23.8 Å². The van der Waals surface area contributed by atoms with E-state index >= 15 is 0 Å². The second-order valence-electron chi connectivity index (χ2n) is 6.73. The van der Waals surface area contributed by atoms with Crippen molar-refractivity contribution in [2.75, 3.05) is 31.6 Å². The Hall–Kier alpha value is -3.28. The van der Waals surface area contributed by atoms with Gasteiger partial charge in [0.25, 0.3) is 0 Å². The molecule has 0 aromatic carbocycles.